The van der Waals surface area contributed by atoms with E-state index in [-0.39, 0.29) is 11.9 Å². The molecule has 5 nitrogen and oxygen atoms in total. The molecule has 0 aliphatic heterocycles. The zero-order chi connectivity index (χ0) is 12.3. The highest BCUT2D eigenvalue weighted by Crippen LogP contribution is 2.29. The van der Waals surface area contributed by atoms with Gasteiger partial charge in [-0.3, -0.25) is 10.1 Å². The van der Waals surface area contributed by atoms with E-state index in [0.29, 0.717) is 0 Å². The zero-order valence-electron chi connectivity index (χ0n) is 9.43. The summed E-state index contributed by atoms with van der Waals surface area (Å²) in [6, 6.07) is 8.21. The van der Waals surface area contributed by atoms with Crippen molar-refractivity contribution in [3.8, 4) is 0 Å². The smallest absolute Gasteiger partial charge is 0.273 e. The molecule has 0 spiro atoms. The van der Waals surface area contributed by atoms with Crippen LogP contribution in [0.1, 0.15) is 30.0 Å². The lowest BCUT2D eigenvalue weighted by molar-refractivity contribution is -0.403. The van der Waals surface area contributed by atoms with Crippen LogP contribution in [0.25, 0.3) is 0 Å². The van der Waals surface area contributed by atoms with Gasteiger partial charge < -0.3 is 11.1 Å². The van der Waals surface area contributed by atoms with Gasteiger partial charge in [-0.2, -0.15) is 0 Å². The number of nitrogens with zero attached hydrogens (tertiary/aromatic N) is 1. The van der Waals surface area contributed by atoms with E-state index in [1.165, 1.54) is 11.1 Å². The van der Waals surface area contributed by atoms with Crippen molar-refractivity contribution in [2.45, 2.75) is 25.3 Å². The van der Waals surface area contributed by atoms with Crippen molar-refractivity contribution in [2.24, 2.45) is 5.73 Å². The van der Waals surface area contributed by atoms with Gasteiger partial charge in [-0.15, -0.1) is 0 Å². The standard InChI is InChI=1S/C12H15N3O2/c13-12(8-15(16)17)14-11-7-3-5-9-4-1-2-6-10(9)11/h1-2,4,6,8,11,14H,3,5,7,13H2/b12-8+. The number of hydrogen-bond donors (Lipinski definition) is 2. The lowest BCUT2D eigenvalue weighted by atomic mass is 9.88. The molecule has 3 N–H and O–H groups in total. The number of hydrogen-bond acceptors (Lipinski definition) is 4. The number of fused-ring (bicyclic) bond motifs is 1. The summed E-state index contributed by atoms with van der Waals surface area (Å²) in [4.78, 5) is 9.76. The van der Waals surface area contributed by atoms with Crippen molar-refractivity contribution in [3.05, 3.63) is 57.5 Å². The van der Waals surface area contributed by atoms with Crippen LogP contribution in [0.2, 0.25) is 0 Å². The number of rotatable bonds is 3. The second-order valence-electron chi connectivity index (χ2n) is 4.16. The average Bonchev–Trinajstić information content (AvgIpc) is 2.28. The highest BCUT2D eigenvalue weighted by atomic mass is 16.6. The molecular formula is C12H15N3O2. The van der Waals surface area contributed by atoms with E-state index >= 15 is 0 Å². The molecule has 1 unspecified atom stereocenters. The Balaban J connectivity index is 2.16. The van der Waals surface area contributed by atoms with Gasteiger partial charge in [0.15, 0.2) is 5.82 Å². The van der Waals surface area contributed by atoms with Crippen molar-refractivity contribution < 1.29 is 4.92 Å². The monoisotopic (exact) mass is 233 g/mol. The van der Waals surface area contributed by atoms with Crippen LogP contribution in [0.5, 0.6) is 0 Å². The summed E-state index contributed by atoms with van der Waals surface area (Å²) < 4.78 is 0. The molecule has 0 aromatic heterocycles. The summed E-state index contributed by atoms with van der Waals surface area (Å²) in [6.45, 7) is 0. The third-order valence-electron chi connectivity index (χ3n) is 2.95. The van der Waals surface area contributed by atoms with E-state index in [1.807, 2.05) is 18.2 Å². The SMILES string of the molecule is N/C(=C\[N+](=O)[O-])NC1CCCc2ccccc21. The molecule has 0 fully saturated rings. The van der Waals surface area contributed by atoms with Gasteiger partial charge in [0.2, 0.25) is 0 Å². The van der Waals surface area contributed by atoms with Crippen LogP contribution >= 0.6 is 0 Å². The Labute approximate surface area is 99.5 Å². The number of nitro groups is 1. The Bertz CT molecular complexity index is 457. The Hall–Kier alpha value is -2.04. The quantitative estimate of drug-likeness (QED) is 0.615. The second-order valence-corrected chi connectivity index (χ2v) is 4.16. The lowest BCUT2D eigenvalue weighted by Gasteiger charge is -2.26. The van der Waals surface area contributed by atoms with Crippen molar-refractivity contribution in [3.63, 3.8) is 0 Å². The van der Waals surface area contributed by atoms with Crippen molar-refractivity contribution in [1.29, 1.82) is 0 Å². The minimum absolute atomic E-state index is 0.0798. The molecule has 0 bridgehead atoms. The molecule has 17 heavy (non-hydrogen) atoms. The van der Waals surface area contributed by atoms with Crippen LogP contribution < -0.4 is 11.1 Å². The van der Waals surface area contributed by atoms with Gasteiger partial charge in [0, 0.05) is 0 Å². The zero-order valence-corrected chi connectivity index (χ0v) is 9.43. The maximum atomic E-state index is 10.3. The van der Waals surface area contributed by atoms with E-state index in [2.05, 4.69) is 11.4 Å². The van der Waals surface area contributed by atoms with Gasteiger partial charge in [-0.25, -0.2) is 0 Å². The molecule has 5 heteroatoms. The normalized spacial score (nSPS) is 19.5. The molecule has 1 atom stereocenters. The molecule has 90 valence electrons. The van der Waals surface area contributed by atoms with Gasteiger partial charge in [0.1, 0.15) is 0 Å². The third-order valence-corrected chi connectivity index (χ3v) is 2.95. The minimum Gasteiger partial charge on any atom is -0.380 e. The summed E-state index contributed by atoms with van der Waals surface area (Å²) in [5, 5.41) is 13.3. The fourth-order valence-electron chi connectivity index (χ4n) is 2.26. The summed E-state index contributed by atoms with van der Waals surface area (Å²) in [5.41, 5.74) is 8.06. The molecular weight excluding hydrogens is 218 g/mol. The molecule has 0 saturated carbocycles. The third kappa shape index (κ3) is 2.75. The molecule has 1 aliphatic carbocycles. The van der Waals surface area contributed by atoms with Gasteiger partial charge in [-0.1, -0.05) is 24.3 Å². The largest absolute Gasteiger partial charge is 0.380 e. The number of benzene rings is 1. The van der Waals surface area contributed by atoms with E-state index in [0.717, 1.165) is 25.5 Å². The van der Waals surface area contributed by atoms with E-state index in [1.54, 1.807) is 0 Å². The predicted molar refractivity (Wildman–Crippen MR) is 64.5 cm³/mol. The fourth-order valence-corrected chi connectivity index (χ4v) is 2.26. The van der Waals surface area contributed by atoms with Gasteiger partial charge in [0.25, 0.3) is 6.20 Å². The summed E-state index contributed by atoms with van der Waals surface area (Å²) in [5.74, 6) is 0.108. The maximum absolute atomic E-state index is 10.3. The topological polar surface area (TPSA) is 81.2 Å². The number of nitrogens with one attached hydrogen (secondary N) is 1. The van der Waals surface area contributed by atoms with Gasteiger partial charge >= 0.3 is 0 Å². The summed E-state index contributed by atoms with van der Waals surface area (Å²) in [6.07, 6.45) is 3.88. The predicted octanol–water partition coefficient (Wildman–Crippen LogP) is 1.69. The van der Waals surface area contributed by atoms with Crippen LogP contribution in [-0.2, 0) is 6.42 Å². The number of aryl methyl sites for hydroxylation is 1. The van der Waals surface area contributed by atoms with Crippen molar-refractivity contribution in [2.75, 3.05) is 0 Å². The van der Waals surface area contributed by atoms with Gasteiger partial charge in [0.05, 0.1) is 11.0 Å². The van der Waals surface area contributed by atoms with Crippen LogP contribution in [0.15, 0.2) is 36.3 Å². The number of nitrogens with two attached hydrogens (primary N) is 1. The minimum atomic E-state index is -0.545. The molecule has 0 saturated heterocycles. The molecule has 0 radical (unpaired) electrons. The van der Waals surface area contributed by atoms with E-state index < -0.39 is 4.92 Å². The van der Waals surface area contributed by atoms with E-state index in [4.69, 9.17) is 5.73 Å². The van der Waals surface area contributed by atoms with Crippen LogP contribution in [0, 0.1) is 10.1 Å². The Morgan fingerprint density at radius 3 is 3.06 bits per heavy atom. The molecule has 2 rings (SSSR count). The molecule has 0 amide bonds. The first-order chi connectivity index (χ1) is 8.16. The lowest BCUT2D eigenvalue weighted by Crippen LogP contribution is -2.28. The van der Waals surface area contributed by atoms with Crippen molar-refractivity contribution in [1.82, 2.24) is 5.32 Å². The molecule has 1 aliphatic rings. The molecule has 1 aromatic rings. The van der Waals surface area contributed by atoms with Crippen molar-refractivity contribution >= 4 is 0 Å². The van der Waals surface area contributed by atoms with Crippen LogP contribution in [0.4, 0.5) is 0 Å². The molecule has 1 aromatic carbocycles. The van der Waals surface area contributed by atoms with Gasteiger partial charge in [-0.05, 0) is 30.4 Å². The first-order valence-electron chi connectivity index (χ1n) is 5.62. The summed E-state index contributed by atoms with van der Waals surface area (Å²) >= 11 is 0. The summed E-state index contributed by atoms with van der Waals surface area (Å²) in [7, 11) is 0. The Kier molecular flexibility index (Phi) is 3.27. The maximum Gasteiger partial charge on any atom is 0.273 e. The fraction of sp³-hybridized carbons (Fsp3) is 0.333. The highest BCUT2D eigenvalue weighted by molar-refractivity contribution is 5.32. The first kappa shape index (κ1) is 11.4. The molecule has 0 heterocycles. The van der Waals surface area contributed by atoms with Crippen LogP contribution in [0.3, 0.4) is 0 Å². The second kappa shape index (κ2) is 4.86. The Morgan fingerprint density at radius 2 is 2.29 bits per heavy atom. The average molecular weight is 233 g/mol. The van der Waals surface area contributed by atoms with E-state index in [9.17, 15) is 10.1 Å². The first-order valence-corrected chi connectivity index (χ1v) is 5.62. The highest BCUT2D eigenvalue weighted by Gasteiger charge is 2.19. The Morgan fingerprint density at radius 1 is 1.53 bits per heavy atom. The van der Waals surface area contributed by atoms with Crippen LogP contribution in [-0.4, -0.2) is 4.92 Å².